The number of carbonyl (C=O) groups is 1. The zero-order chi connectivity index (χ0) is 12.3. The standard InChI is InChI=1S/C15H18O2/c1-3-11-5-4-6-14(11)15(16)12-7-9-13(17-2)10-8-12/h3,7-11,14H,1,4-6H2,2H3/t11-,14-/m1/s1. The Morgan fingerprint density at radius 3 is 2.65 bits per heavy atom. The van der Waals surface area contributed by atoms with E-state index in [1.807, 2.05) is 30.3 Å². The fraction of sp³-hybridized carbons (Fsp3) is 0.400. The van der Waals surface area contributed by atoms with Gasteiger partial charge in [0.15, 0.2) is 5.78 Å². The first-order chi connectivity index (χ1) is 8.26. The number of Topliss-reactive ketones (excluding diaryl/α,β-unsaturated/α-hetero) is 1. The second-order valence-electron chi connectivity index (χ2n) is 4.53. The van der Waals surface area contributed by atoms with Gasteiger partial charge >= 0.3 is 0 Å². The molecule has 1 aliphatic rings. The molecule has 90 valence electrons. The fourth-order valence-electron chi connectivity index (χ4n) is 2.57. The normalized spacial score (nSPS) is 23.4. The number of ketones is 1. The van der Waals surface area contributed by atoms with Gasteiger partial charge in [-0.25, -0.2) is 0 Å². The minimum absolute atomic E-state index is 0.126. The third kappa shape index (κ3) is 2.41. The lowest BCUT2D eigenvalue weighted by Gasteiger charge is -2.14. The molecular weight excluding hydrogens is 212 g/mol. The van der Waals surface area contributed by atoms with Gasteiger partial charge < -0.3 is 4.74 Å². The Hall–Kier alpha value is -1.57. The summed E-state index contributed by atoms with van der Waals surface area (Å²) in [5.41, 5.74) is 0.782. The van der Waals surface area contributed by atoms with Crippen molar-refractivity contribution in [1.29, 1.82) is 0 Å². The van der Waals surface area contributed by atoms with E-state index in [0.29, 0.717) is 5.92 Å². The molecule has 0 bridgehead atoms. The van der Waals surface area contributed by atoms with Crippen molar-refractivity contribution >= 4 is 5.78 Å². The first kappa shape index (κ1) is 11.9. The van der Waals surface area contributed by atoms with Crippen LogP contribution in [0.25, 0.3) is 0 Å². The number of benzene rings is 1. The van der Waals surface area contributed by atoms with Crippen molar-refractivity contribution in [1.82, 2.24) is 0 Å². The van der Waals surface area contributed by atoms with Crippen molar-refractivity contribution in [2.24, 2.45) is 11.8 Å². The lowest BCUT2D eigenvalue weighted by atomic mass is 9.88. The van der Waals surface area contributed by atoms with E-state index in [2.05, 4.69) is 6.58 Å². The van der Waals surface area contributed by atoms with Crippen molar-refractivity contribution in [2.45, 2.75) is 19.3 Å². The van der Waals surface area contributed by atoms with Crippen molar-refractivity contribution in [3.63, 3.8) is 0 Å². The molecule has 0 N–H and O–H groups in total. The molecule has 2 heteroatoms. The predicted molar refractivity (Wildman–Crippen MR) is 68.4 cm³/mol. The first-order valence-corrected chi connectivity index (χ1v) is 6.07. The van der Waals surface area contributed by atoms with Crippen LogP contribution in [0.1, 0.15) is 29.6 Å². The molecule has 0 aromatic heterocycles. The van der Waals surface area contributed by atoms with Gasteiger partial charge in [0.05, 0.1) is 7.11 Å². The number of hydrogen-bond acceptors (Lipinski definition) is 2. The van der Waals surface area contributed by atoms with E-state index in [-0.39, 0.29) is 11.7 Å². The highest BCUT2D eigenvalue weighted by Gasteiger charge is 2.31. The monoisotopic (exact) mass is 230 g/mol. The molecule has 1 saturated carbocycles. The van der Waals surface area contributed by atoms with Gasteiger partial charge in [0, 0.05) is 11.5 Å². The van der Waals surface area contributed by atoms with Gasteiger partial charge in [0.1, 0.15) is 5.75 Å². The van der Waals surface area contributed by atoms with Crippen LogP contribution in [0, 0.1) is 11.8 Å². The quantitative estimate of drug-likeness (QED) is 0.584. The Bertz CT molecular complexity index is 405. The maximum absolute atomic E-state index is 12.3. The average molecular weight is 230 g/mol. The van der Waals surface area contributed by atoms with Crippen LogP contribution in [0.4, 0.5) is 0 Å². The lowest BCUT2D eigenvalue weighted by molar-refractivity contribution is 0.0905. The molecule has 1 aromatic rings. The molecule has 0 aliphatic heterocycles. The third-order valence-electron chi connectivity index (χ3n) is 3.58. The molecular formula is C15H18O2. The summed E-state index contributed by atoms with van der Waals surface area (Å²) in [6, 6.07) is 7.37. The Balaban J connectivity index is 2.15. The second kappa shape index (κ2) is 5.17. The topological polar surface area (TPSA) is 26.3 Å². The summed E-state index contributed by atoms with van der Waals surface area (Å²) in [7, 11) is 1.63. The van der Waals surface area contributed by atoms with E-state index >= 15 is 0 Å². The molecule has 17 heavy (non-hydrogen) atoms. The van der Waals surface area contributed by atoms with Gasteiger partial charge in [-0.05, 0) is 43.0 Å². The van der Waals surface area contributed by atoms with Crippen LogP contribution in [-0.4, -0.2) is 12.9 Å². The average Bonchev–Trinajstić information content (AvgIpc) is 2.86. The fourth-order valence-corrected chi connectivity index (χ4v) is 2.57. The summed E-state index contributed by atoms with van der Waals surface area (Å²) in [6.45, 7) is 3.82. The summed E-state index contributed by atoms with van der Waals surface area (Å²) in [4.78, 5) is 12.3. The van der Waals surface area contributed by atoms with E-state index in [1.54, 1.807) is 7.11 Å². The molecule has 2 nitrogen and oxygen atoms in total. The maximum atomic E-state index is 12.3. The molecule has 2 rings (SSSR count). The van der Waals surface area contributed by atoms with Crippen LogP contribution in [0.3, 0.4) is 0 Å². The van der Waals surface area contributed by atoms with Crippen molar-refractivity contribution in [3.05, 3.63) is 42.5 Å². The second-order valence-corrected chi connectivity index (χ2v) is 4.53. The number of allylic oxidation sites excluding steroid dienone is 1. The molecule has 0 unspecified atom stereocenters. The highest BCUT2D eigenvalue weighted by Crippen LogP contribution is 2.34. The third-order valence-corrected chi connectivity index (χ3v) is 3.58. The van der Waals surface area contributed by atoms with Crippen molar-refractivity contribution < 1.29 is 9.53 Å². The largest absolute Gasteiger partial charge is 0.497 e. The first-order valence-electron chi connectivity index (χ1n) is 6.07. The van der Waals surface area contributed by atoms with Crippen LogP contribution in [-0.2, 0) is 0 Å². The highest BCUT2D eigenvalue weighted by molar-refractivity contribution is 5.98. The number of hydrogen-bond donors (Lipinski definition) is 0. The van der Waals surface area contributed by atoms with Gasteiger partial charge in [0.2, 0.25) is 0 Å². The van der Waals surface area contributed by atoms with E-state index in [1.165, 1.54) is 0 Å². The van der Waals surface area contributed by atoms with Gasteiger partial charge in [-0.2, -0.15) is 0 Å². The molecule has 1 aliphatic carbocycles. The molecule has 0 radical (unpaired) electrons. The number of rotatable bonds is 4. The number of carbonyl (C=O) groups excluding carboxylic acids is 1. The lowest BCUT2D eigenvalue weighted by Crippen LogP contribution is -2.17. The van der Waals surface area contributed by atoms with Crippen LogP contribution in [0.5, 0.6) is 5.75 Å². The highest BCUT2D eigenvalue weighted by atomic mass is 16.5. The van der Waals surface area contributed by atoms with Gasteiger partial charge in [-0.3, -0.25) is 4.79 Å². The summed E-state index contributed by atoms with van der Waals surface area (Å²) in [5, 5.41) is 0. The molecule has 0 amide bonds. The number of ether oxygens (including phenoxy) is 1. The Labute approximate surface area is 102 Å². The van der Waals surface area contributed by atoms with Crippen molar-refractivity contribution in [2.75, 3.05) is 7.11 Å². The zero-order valence-electron chi connectivity index (χ0n) is 10.2. The summed E-state index contributed by atoms with van der Waals surface area (Å²) in [6.07, 6.45) is 5.14. The van der Waals surface area contributed by atoms with Gasteiger partial charge in [0.25, 0.3) is 0 Å². The van der Waals surface area contributed by atoms with Crippen LogP contribution in [0.2, 0.25) is 0 Å². The van der Waals surface area contributed by atoms with E-state index in [9.17, 15) is 4.79 Å². The molecule has 1 fully saturated rings. The zero-order valence-corrected chi connectivity index (χ0v) is 10.2. The molecule has 0 saturated heterocycles. The molecule has 0 spiro atoms. The smallest absolute Gasteiger partial charge is 0.166 e. The predicted octanol–water partition coefficient (Wildman–Crippen LogP) is 3.48. The molecule has 2 atom stereocenters. The minimum Gasteiger partial charge on any atom is -0.497 e. The Kier molecular flexibility index (Phi) is 3.62. The SMILES string of the molecule is C=C[C@@H]1CCC[C@H]1C(=O)c1ccc(OC)cc1. The van der Waals surface area contributed by atoms with E-state index in [0.717, 1.165) is 30.6 Å². The van der Waals surface area contributed by atoms with Crippen LogP contribution < -0.4 is 4.74 Å². The van der Waals surface area contributed by atoms with Crippen LogP contribution >= 0.6 is 0 Å². The summed E-state index contributed by atoms with van der Waals surface area (Å²) >= 11 is 0. The van der Waals surface area contributed by atoms with Gasteiger partial charge in [-0.1, -0.05) is 12.5 Å². The Morgan fingerprint density at radius 2 is 2.06 bits per heavy atom. The number of methoxy groups -OCH3 is 1. The van der Waals surface area contributed by atoms with Crippen molar-refractivity contribution in [3.8, 4) is 5.75 Å². The molecule has 0 heterocycles. The Morgan fingerprint density at radius 1 is 1.35 bits per heavy atom. The summed E-state index contributed by atoms with van der Waals surface area (Å²) in [5.74, 6) is 1.51. The molecule has 1 aromatic carbocycles. The maximum Gasteiger partial charge on any atom is 0.166 e. The minimum atomic E-state index is 0.126. The van der Waals surface area contributed by atoms with Crippen LogP contribution in [0.15, 0.2) is 36.9 Å². The van der Waals surface area contributed by atoms with Gasteiger partial charge in [-0.15, -0.1) is 6.58 Å². The van der Waals surface area contributed by atoms with E-state index in [4.69, 9.17) is 4.74 Å². The summed E-state index contributed by atoms with van der Waals surface area (Å²) < 4.78 is 5.09. The van der Waals surface area contributed by atoms with E-state index < -0.39 is 0 Å².